The lowest BCUT2D eigenvalue weighted by molar-refractivity contribution is 0.777. The molecule has 1 aliphatic heterocycles. The molecule has 1 aliphatic carbocycles. The van der Waals surface area contributed by atoms with E-state index in [4.69, 9.17) is 0 Å². The van der Waals surface area contributed by atoms with Crippen LogP contribution in [0, 0.1) is 0 Å². The third kappa shape index (κ3) is 0.711. The van der Waals surface area contributed by atoms with Gasteiger partial charge in [0.15, 0.2) is 0 Å². The van der Waals surface area contributed by atoms with Crippen LogP contribution in [0.5, 0.6) is 0 Å². The number of para-hydroxylation sites is 1. The highest BCUT2D eigenvalue weighted by molar-refractivity contribution is 5.55. The lowest BCUT2D eigenvalue weighted by Crippen LogP contribution is -2.21. The first-order chi connectivity index (χ1) is 5.95. The molecule has 12 heavy (non-hydrogen) atoms. The van der Waals surface area contributed by atoms with Gasteiger partial charge < -0.3 is 0 Å². The predicted octanol–water partition coefficient (Wildman–Crippen LogP) is 1.02. The van der Waals surface area contributed by atoms with Crippen molar-refractivity contribution in [3.8, 4) is 0 Å². The molecule has 1 fully saturated rings. The molecule has 0 aromatic heterocycles. The average Bonchev–Trinajstić information content (AvgIpc) is 2.62. The minimum Gasteiger partial charge on any atom is -0.277 e. The highest BCUT2D eigenvalue weighted by Gasteiger charge is 2.23. The Morgan fingerprint density at radius 1 is 1.25 bits per heavy atom. The van der Waals surface area contributed by atoms with Gasteiger partial charge >= 0.3 is 0 Å². The summed E-state index contributed by atoms with van der Waals surface area (Å²) >= 11 is 0. The zero-order valence-corrected chi connectivity index (χ0v) is 6.96. The number of hydrogen-bond donors (Lipinski definition) is 0. The van der Waals surface area contributed by atoms with Crippen LogP contribution in [0.15, 0.2) is 29.3 Å². The Bertz CT molecular complexity index is 431. The lowest BCUT2D eigenvalue weighted by Gasteiger charge is -1.97. The Morgan fingerprint density at radius 2 is 2.17 bits per heavy atom. The Hall–Kier alpha value is -1.11. The van der Waals surface area contributed by atoms with E-state index in [1.54, 1.807) is 5.57 Å². The highest BCUT2D eigenvalue weighted by atomic mass is 14.8. The first kappa shape index (κ1) is 6.41. The molecule has 0 spiro atoms. The number of fused-ring (bicyclic) bond motifs is 2. The summed E-state index contributed by atoms with van der Waals surface area (Å²) in [6.07, 6.45) is 3.87. The molecule has 0 bridgehead atoms. The van der Waals surface area contributed by atoms with E-state index in [2.05, 4.69) is 29.3 Å². The van der Waals surface area contributed by atoms with Gasteiger partial charge in [-0.25, -0.2) is 0 Å². The molecule has 0 N–H and O–H groups in total. The zero-order valence-electron chi connectivity index (χ0n) is 6.96. The first-order valence-electron chi connectivity index (χ1n) is 4.61. The molecule has 60 valence electrons. The van der Waals surface area contributed by atoms with Gasteiger partial charge in [-0.15, -0.1) is 0 Å². The van der Waals surface area contributed by atoms with Crippen molar-refractivity contribution in [1.82, 2.24) is 0 Å². The summed E-state index contributed by atoms with van der Waals surface area (Å²) in [6.45, 7) is 0. The van der Waals surface area contributed by atoms with E-state index in [0.29, 0.717) is 6.04 Å². The molecule has 0 radical (unpaired) electrons. The number of nitrogens with zero attached hydrogens (tertiary/aromatic N) is 1. The average molecular weight is 157 g/mol. The summed E-state index contributed by atoms with van der Waals surface area (Å²) in [7, 11) is 0. The Morgan fingerprint density at radius 3 is 3.17 bits per heavy atom. The molecule has 1 aromatic rings. The standard InChI is InChI=1S/C11H11N/c1-2-6-10-8(4-1)9-5-3-7-11(9)12-10/h1-2,4,6,11H,3,5,7H2. The molecule has 1 nitrogen and oxygen atoms in total. The highest BCUT2D eigenvalue weighted by Crippen LogP contribution is 2.28. The van der Waals surface area contributed by atoms with Gasteiger partial charge in [0.25, 0.3) is 0 Å². The van der Waals surface area contributed by atoms with Crippen molar-refractivity contribution in [2.75, 3.05) is 0 Å². The van der Waals surface area contributed by atoms with Gasteiger partial charge in [0.05, 0.1) is 11.4 Å². The second-order valence-electron chi connectivity index (χ2n) is 3.58. The molecule has 1 unspecified atom stereocenters. The predicted molar refractivity (Wildman–Crippen MR) is 48.3 cm³/mol. The van der Waals surface area contributed by atoms with Gasteiger partial charge in [-0.3, -0.25) is 4.99 Å². The Labute approximate surface area is 71.5 Å². The third-order valence-electron chi connectivity index (χ3n) is 2.87. The number of rotatable bonds is 0. The van der Waals surface area contributed by atoms with E-state index >= 15 is 0 Å². The molecule has 1 heteroatoms. The monoisotopic (exact) mass is 157 g/mol. The minimum atomic E-state index is 0.544. The Kier molecular flexibility index (Phi) is 1.17. The molecule has 2 aliphatic rings. The van der Waals surface area contributed by atoms with Crippen molar-refractivity contribution in [2.24, 2.45) is 4.99 Å². The Balaban J connectivity index is 2.42. The van der Waals surface area contributed by atoms with E-state index < -0.39 is 0 Å². The minimum absolute atomic E-state index is 0.544. The maximum atomic E-state index is 4.68. The fourth-order valence-electron chi connectivity index (χ4n) is 2.31. The molecule has 0 amide bonds. The van der Waals surface area contributed by atoms with Crippen LogP contribution in [0.4, 0.5) is 0 Å². The van der Waals surface area contributed by atoms with E-state index in [9.17, 15) is 0 Å². The molecule has 3 rings (SSSR count). The fraction of sp³-hybridized carbons (Fsp3) is 0.364. The van der Waals surface area contributed by atoms with Crippen LogP contribution in [0.1, 0.15) is 19.3 Å². The number of hydrogen-bond acceptors (Lipinski definition) is 1. The van der Waals surface area contributed by atoms with Gasteiger partial charge in [-0.05, 0) is 30.9 Å². The van der Waals surface area contributed by atoms with Crippen molar-refractivity contribution in [2.45, 2.75) is 25.3 Å². The summed E-state index contributed by atoms with van der Waals surface area (Å²) in [5, 5.41) is 2.64. The molecule has 1 aromatic carbocycles. The lowest BCUT2D eigenvalue weighted by atomic mass is 10.1. The van der Waals surface area contributed by atoms with Crippen LogP contribution < -0.4 is 10.6 Å². The van der Waals surface area contributed by atoms with E-state index in [0.717, 1.165) is 0 Å². The molecular weight excluding hydrogens is 146 g/mol. The first-order valence-corrected chi connectivity index (χ1v) is 4.61. The maximum absolute atomic E-state index is 4.68. The van der Waals surface area contributed by atoms with Gasteiger partial charge in [0, 0.05) is 5.22 Å². The maximum Gasteiger partial charge on any atom is 0.0726 e. The molecule has 0 saturated heterocycles. The van der Waals surface area contributed by atoms with Crippen LogP contribution in [0.25, 0.3) is 5.57 Å². The second-order valence-corrected chi connectivity index (χ2v) is 3.58. The molecular formula is C11H11N. The largest absolute Gasteiger partial charge is 0.277 e. The van der Waals surface area contributed by atoms with E-state index in [1.807, 2.05) is 0 Å². The summed E-state index contributed by atoms with van der Waals surface area (Å²) < 4.78 is 0. The topological polar surface area (TPSA) is 12.4 Å². The molecule has 1 atom stereocenters. The zero-order chi connectivity index (χ0) is 7.97. The van der Waals surface area contributed by atoms with Gasteiger partial charge in [0.1, 0.15) is 0 Å². The van der Waals surface area contributed by atoms with E-state index in [-0.39, 0.29) is 0 Å². The summed E-state index contributed by atoms with van der Waals surface area (Å²) in [4.78, 5) is 4.68. The summed E-state index contributed by atoms with van der Waals surface area (Å²) in [5.74, 6) is 0. The van der Waals surface area contributed by atoms with Gasteiger partial charge in [0.2, 0.25) is 0 Å². The fourth-order valence-corrected chi connectivity index (χ4v) is 2.31. The smallest absolute Gasteiger partial charge is 0.0726 e. The van der Waals surface area contributed by atoms with Gasteiger partial charge in [-0.2, -0.15) is 0 Å². The number of benzene rings is 1. The molecule has 1 saturated carbocycles. The van der Waals surface area contributed by atoms with Gasteiger partial charge in [-0.1, -0.05) is 18.2 Å². The summed E-state index contributed by atoms with van der Waals surface area (Å²) in [6, 6.07) is 9.06. The van der Waals surface area contributed by atoms with Crippen LogP contribution in [0.2, 0.25) is 0 Å². The van der Waals surface area contributed by atoms with Crippen molar-refractivity contribution in [3.63, 3.8) is 0 Å². The van der Waals surface area contributed by atoms with Crippen LogP contribution in [0.3, 0.4) is 0 Å². The van der Waals surface area contributed by atoms with Crippen molar-refractivity contribution >= 4 is 5.57 Å². The second kappa shape index (κ2) is 2.19. The van der Waals surface area contributed by atoms with Crippen LogP contribution in [-0.2, 0) is 0 Å². The van der Waals surface area contributed by atoms with Crippen LogP contribution >= 0.6 is 0 Å². The van der Waals surface area contributed by atoms with Crippen molar-refractivity contribution in [3.05, 3.63) is 34.8 Å². The summed E-state index contributed by atoms with van der Waals surface area (Å²) in [5.41, 5.74) is 1.59. The SMILES string of the molecule is c1ccc2c(c1)=NC1CCCC=21. The van der Waals surface area contributed by atoms with Crippen LogP contribution in [-0.4, -0.2) is 6.04 Å². The third-order valence-corrected chi connectivity index (χ3v) is 2.87. The molecule has 1 heterocycles. The van der Waals surface area contributed by atoms with E-state index in [1.165, 1.54) is 29.8 Å². The van der Waals surface area contributed by atoms with Crippen molar-refractivity contribution in [1.29, 1.82) is 0 Å². The normalized spacial score (nSPS) is 25.0. The van der Waals surface area contributed by atoms with Crippen molar-refractivity contribution < 1.29 is 0 Å². The quantitative estimate of drug-likeness (QED) is 0.533.